The number of furan rings is 1. The number of hydrogen-bond donors (Lipinski definition) is 0. The Balaban J connectivity index is 0.000000225. The Bertz CT molecular complexity index is 3130. The minimum atomic E-state index is -1.34. The molecule has 0 saturated heterocycles. The largest absolute Gasteiger partial charge is 0.482 e. The van der Waals surface area contributed by atoms with Crippen molar-refractivity contribution in [3.8, 4) is 50.6 Å². The van der Waals surface area contributed by atoms with E-state index in [4.69, 9.17) is 14.4 Å². The maximum atomic E-state index is 6.29. The standard InChI is InChI=1S/C39H28N3O.C18H24NSi.Ir/c1-25(2)29-17-11-20-32-33-23-28(24-40-39(33)43-37(29)32)38-41-34-21-9-10-22-35(34)42(38)36-30(26-13-5-3-6-14-26)18-12-19-31(36)27-15-7-4-8-16-27;1-14(2)11-16-12-17(15-9-7-6-8-10-15)19-13-18(16)20(3,4)5;/h3-23,25H,1-2H3;6-9,12-14H,11H2,1-5H3;/q2*-1;. The Morgan fingerprint density at radius 3 is 1.97 bits per heavy atom. The van der Waals surface area contributed by atoms with E-state index >= 15 is 0 Å². The molecule has 321 valence electrons. The average Bonchev–Trinajstić information content (AvgIpc) is 3.88. The molecule has 64 heavy (non-hydrogen) atoms. The molecule has 0 amide bonds. The number of nitrogens with zero attached hydrogens (tertiary/aromatic N) is 4. The Morgan fingerprint density at radius 1 is 0.672 bits per heavy atom. The summed E-state index contributed by atoms with van der Waals surface area (Å²) in [6.07, 6.45) is 6.54. The summed E-state index contributed by atoms with van der Waals surface area (Å²) in [6, 6.07) is 58.0. The molecule has 0 aliphatic heterocycles. The number of aromatic nitrogens is 4. The van der Waals surface area contributed by atoms with Crippen LogP contribution in [-0.2, 0) is 26.5 Å². The van der Waals surface area contributed by atoms with Crippen molar-refractivity contribution in [3.05, 3.63) is 187 Å². The molecule has 10 rings (SSSR count). The van der Waals surface area contributed by atoms with Crippen LogP contribution in [0.5, 0.6) is 0 Å². The van der Waals surface area contributed by atoms with Crippen LogP contribution in [0.3, 0.4) is 0 Å². The van der Waals surface area contributed by atoms with Crippen LogP contribution in [0.25, 0.3) is 83.7 Å². The first-order valence-corrected chi connectivity index (χ1v) is 25.5. The first-order chi connectivity index (χ1) is 30.5. The van der Waals surface area contributed by atoms with Crippen LogP contribution in [0.4, 0.5) is 0 Å². The monoisotopic (exact) mass is 1030 g/mol. The second kappa shape index (κ2) is 18.8. The molecule has 7 heteroatoms. The summed E-state index contributed by atoms with van der Waals surface area (Å²) in [5, 5.41) is 3.51. The maximum absolute atomic E-state index is 6.29. The van der Waals surface area contributed by atoms with Crippen molar-refractivity contribution in [2.75, 3.05) is 0 Å². The fourth-order valence-electron chi connectivity index (χ4n) is 8.63. The third kappa shape index (κ3) is 8.94. The summed E-state index contributed by atoms with van der Waals surface area (Å²) in [5.74, 6) is 1.79. The van der Waals surface area contributed by atoms with E-state index in [2.05, 4.69) is 209 Å². The molecule has 0 unspecified atom stereocenters. The molecular formula is C57H52IrN4OSi-2. The van der Waals surface area contributed by atoms with Crippen LogP contribution < -0.4 is 5.19 Å². The number of pyridine rings is 2. The van der Waals surface area contributed by atoms with Crippen molar-refractivity contribution in [2.45, 2.75) is 59.7 Å². The first kappa shape index (κ1) is 44.4. The molecule has 0 saturated carbocycles. The van der Waals surface area contributed by atoms with E-state index in [1.807, 2.05) is 24.3 Å². The minimum absolute atomic E-state index is 0. The molecule has 0 atom stereocenters. The van der Waals surface area contributed by atoms with E-state index in [0.29, 0.717) is 17.5 Å². The Morgan fingerprint density at radius 2 is 1.33 bits per heavy atom. The van der Waals surface area contributed by atoms with E-state index < -0.39 is 8.07 Å². The maximum Gasteiger partial charge on any atom is 0.141 e. The van der Waals surface area contributed by atoms with Gasteiger partial charge in [0.2, 0.25) is 0 Å². The number of fused-ring (bicyclic) bond motifs is 4. The SMILES string of the molecule is CC(C)Cc1cc(-c2[c-]cccc2)ncc1[Si](C)(C)C.CC(C)c1cccc2c1oc1n[c-]c(-c3nc4ccccc4n3-c3c(-c4ccccc4)cccc3-c3ccccc3)cc12.[Ir]. The predicted octanol–water partition coefficient (Wildman–Crippen LogP) is 14.5. The molecule has 5 nitrogen and oxygen atoms in total. The van der Waals surface area contributed by atoms with Crippen LogP contribution in [-0.4, -0.2) is 27.6 Å². The summed E-state index contributed by atoms with van der Waals surface area (Å²) >= 11 is 0. The fourth-order valence-corrected chi connectivity index (χ4v) is 10.2. The van der Waals surface area contributed by atoms with Gasteiger partial charge in [-0.15, -0.1) is 42.0 Å². The van der Waals surface area contributed by atoms with Gasteiger partial charge in [0.1, 0.15) is 11.3 Å². The van der Waals surface area contributed by atoms with Crippen LogP contribution in [0.15, 0.2) is 168 Å². The fraction of sp³-hybridized carbons (Fsp3) is 0.175. The quantitative estimate of drug-likeness (QED) is 0.107. The second-order valence-electron chi connectivity index (χ2n) is 18.0. The van der Waals surface area contributed by atoms with Crippen molar-refractivity contribution >= 4 is 46.4 Å². The van der Waals surface area contributed by atoms with Crippen LogP contribution in [0.2, 0.25) is 19.6 Å². The van der Waals surface area contributed by atoms with Crippen molar-refractivity contribution in [1.29, 1.82) is 0 Å². The molecule has 6 aromatic carbocycles. The summed E-state index contributed by atoms with van der Waals surface area (Å²) in [7, 11) is -1.34. The van der Waals surface area contributed by atoms with Gasteiger partial charge in [-0.25, -0.2) is 0 Å². The van der Waals surface area contributed by atoms with Crippen molar-refractivity contribution in [3.63, 3.8) is 0 Å². The second-order valence-corrected chi connectivity index (χ2v) is 23.1. The van der Waals surface area contributed by atoms with Gasteiger partial charge in [0.25, 0.3) is 0 Å². The average molecular weight is 1030 g/mol. The van der Waals surface area contributed by atoms with E-state index in [1.54, 1.807) is 0 Å². The molecule has 0 fully saturated rings. The minimum Gasteiger partial charge on any atom is -0.482 e. The molecule has 1 radical (unpaired) electrons. The van der Waals surface area contributed by atoms with Crippen molar-refractivity contribution in [2.24, 2.45) is 5.92 Å². The molecule has 0 bridgehead atoms. The smallest absolute Gasteiger partial charge is 0.141 e. The molecule has 0 spiro atoms. The zero-order valence-corrected chi connectivity index (χ0v) is 40.9. The van der Waals surface area contributed by atoms with Gasteiger partial charge < -0.3 is 19.0 Å². The normalized spacial score (nSPS) is 11.6. The molecular weight excluding hydrogens is 977 g/mol. The summed E-state index contributed by atoms with van der Waals surface area (Å²) < 4.78 is 8.57. The predicted molar refractivity (Wildman–Crippen MR) is 265 cm³/mol. The number of rotatable bonds is 9. The van der Waals surface area contributed by atoms with Gasteiger partial charge in [0, 0.05) is 42.8 Å². The summed E-state index contributed by atoms with van der Waals surface area (Å²) in [4.78, 5) is 14.6. The number of imidazole rings is 1. The van der Waals surface area contributed by atoms with Gasteiger partial charge in [0.15, 0.2) is 0 Å². The van der Waals surface area contributed by atoms with E-state index in [1.165, 1.54) is 16.3 Å². The molecule has 0 aliphatic carbocycles. The van der Waals surface area contributed by atoms with Gasteiger partial charge in [-0.05, 0) is 69.5 Å². The van der Waals surface area contributed by atoms with E-state index in [9.17, 15) is 0 Å². The molecule has 4 heterocycles. The third-order valence-electron chi connectivity index (χ3n) is 11.6. The Labute approximate surface area is 391 Å². The molecule has 10 aromatic rings. The number of benzene rings is 6. The van der Waals surface area contributed by atoms with Gasteiger partial charge in [-0.1, -0.05) is 174 Å². The zero-order valence-electron chi connectivity index (χ0n) is 37.5. The third-order valence-corrected chi connectivity index (χ3v) is 13.7. The van der Waals surface area contributed by atoms with Gasteiger partial charge >= 0.3 is 0 Å². The van der Waals surface area contributed by atoms with Crippen LogP contribution in [0, 0.1) is 18.2 Å². The van der Waals surface area contributed by atoms with Gasteiger partial charge in [-0.3, -0.25) is 4.98 Å². The topological polar surface area (TPSA) is 56.7 Å². The first-order valence-electron chi connectivity index (χ1n) is 22.0. The van der Waals surface area contributed by atoms with Gasteiger partial charge in [-0.2, -0.15) is 0 Å². The number of hydrogen-bond acceptors (Lipinski definition) is 4. The van der Waals surface area contributed by atoms with Crippen LogP contribution in [0.1, 0.15) is 44.7 Å². The van der Waals surface area contributed by atoms with Gasteiger partial charge in [0.05, 0.1) is 30.6 Å². The molecule has 4 aromatic heterocycles. The summed E-state index contributed by atoms with van der Waals surface area (Å²) in [5.41, 5.74) is 14.6. The zero-order chi connectivity index (χ0) is 43.7. The van der Waals surface area contributed by atoms with Crippen molar-refractivity contribution < 1.29 is 24.5 Å². The van der Waals surface area contributed by atoms with E-state index in [0.717, 1.165) is 84.4 Å². The number of para-hydroxylation sites is 4. The molecule has 0 N–H and O–H groups in total. The van der Waals surface area contributed by atoms with Crippen molar-refractivity contribution in [1.82, 2.24) is 19.5 Å². The Hall–Kier alpha value is -6.24. The Kier molecular flexibility index (Phi) is 13.1. The van der Waals surface area contributed by atoms with Crippen LogP contribution >= 0.6 is 0 Å². The van der Waals surface area contributed by atoms with E-state index in [-0.39, 0.29) is 20.1 Å². The summed E-state index contributed by atoms with van der Waals surface area (Å²) in [6.45, 7) is 16.1. The molecule has 0 aliphatic rings.